The van der Waals surface area contributed by atoms with Gasteiger partial charge in [0.15, 0.2) is 0 Å². The Bertz CT molecular complexity index is 224. The lowest BCUT2D eigenvalue weighted by molar-refractivity contribution is -0.132. The summed E-state index contributed by atoms with van der Waals surface area (Å²) in [5.41, 5.74) is 4.71. The molecule has 0 atom stereocenters. The van der Waals surface area contributed by atoms with Crippen LogP contribution in [0.4, 0.5) is 0 Å². The first-order chi connectivity index (χ1) is 5.33. The quantitative estimate of drug-likeness (QED) is 0.475. The lowest BCUT2D eigenvalue weighted by Gasteiger charge is -2.09. The third kappa shape index (κ3) is 5.46. The van der Waals surface area contributed by atoms with Crippen LogP contribution in [0.2, 0.25) is 0 Å². The van der Waals surface area contributed by atoms with Gasteiger partial charge in [-0.05, 0) is 26.8 Å². The second-order valence-corrected chi connectivity index (χ2v) is 3.38. The fourth-order valence-corrected chi connectivity index (χ4v) is 0.412. The average molecular weight is 170 g/mol. The zero-order chi connectivity index (χ0) is 9.78. The van der Waals surface area contributed by atoms with Crippen molar-refractivity contribution in [3.05, 3.63) is 11.8 Å². The first kappa shape index (κ1) is 10.7. The molecule has 3 N–H and O–H groups in total. The third-order valence-electron chi connectivity index (χ3n) is 0.963. The number of hydrogen-bond donors (Lipinski definition) is 2. The maximum absolute atomic E-state index is 10.2. The highest BCUT2D eigenvalue weighted by Crippen LogP contribution is 2.04. The lowest BCUT2D eigenvalue weighted by Crippen LogP contribution is -2.12. The van der Waals surface area contributed by atoms with Crippen LogP contribution in [0, 0.1) is 0 Å². The van der Waals surface area contributed by atoms with Crippen molar-refractivity contribution in [3.63, 3.8) is 0 Å². The van der Waals surface area contributed by atoms with Gasteiger partial charge < -0.3 is 10.8 Å². The van der Waals surface area contributed by atoms with Gasteiger partial charge in [-0.1, -0.05) is 0 Å². The van der Waals surface area contributed by atoms with Crippen molar-refractivity contribution < 1.29 is 9.90 Å². The van der Waals surface area contributed by atoms with Gasteiger partial charge in [-0.25, -0.2) is 4.79 Å². The Kier molecular flexibility index (Phi) is 3.47. The molecule has 0 aromatic rings. The maximum Gasteiger partial charge on any atom is 0.351 e. The summed E-state index contributed by atoms with van der Waals surface area (Å²) in [5, 5.41) is 8.36. The lowest BCUT2D eigenvalue weighted by atomic mass is 10.1. The maximum atomic E-state index is 10.2. The Balaban J connectivity index is 4.23. The van der Waals surface area contributed by atoms with E-state index in [0.29, 0.717) is 0 Å². The summed E-state index contributed by atoms with van der Waals surface area (Å²) in [7, 11) is 0. The summed E-state index contributed by atoms with van der Waals surface area (Å²) in [5.74, 6) is -1.13. The molecule has 4 nitrogen and oxygen atoms in total. The van der Waals surface area contributed by atoms with E-state index in [2.05, 4.69) is 4.99 Å². The van der Waals surface area contributed by atoms with Crippen molar-refractivity contribution >= 4 is 12.2 Å². The average Bonchev–Trinajstić information content (AvgIpc) is 1.84. The number of allylic oxidation sites excluding steroid dienone is 1. The molecule has 0 rings (SSSR count). The van der Waals surface area contributed by atoms with Crippen LogP contribution in [0.15, 0.2) is 16.8 Å². The molecular formula is C8H14N2O2. The molecule has 12 heavy (non-hydrogen) atoms. The van der Waals surface area contributed by atoms with E-state index in [1.165, 1.54) is 12.3 Å². The van der Waals surface area contributed by atoms with Gasteiger partial charge >= 0.3 is 5.97 Å². The van der Waals surface area contributed by atoms with Crippen molar-refractivity contribution in [3.8, 4) is 0 Å². The van der Waals surface area contributed by atoms with E-state index in [4.69, 9.17) is 10.8 Å². The highest BCUT2D eigenvalue weighted by Gasteiger charge is 2.04. The molecule has 68 valence electrons. The SMILES string of the molecule is CC(C)(C)N=C/C=C(\N)C(=O)O. The number of nitrogens with zero attached hydrogens (tertiary/aromatic N) is 1. The summed E-state index contributed by atoms with van der Waals surface area (Å²) in [6.07, 6.45) is 2.68. The first-order valence-electron chi connectivity index (χ1n) is 3.57. The van der Waals surface area contributed by atoms with Gasteiger partial charge in [-0.3, -0.25) is 4.99 Å². The number of aliphatic carboxylic acids is 1. The number of carboxylic acids is 1. The summed E-state index contributed by atoms with van der Waals surface area (Å²) >= 11 is 0. The zero-order valence-corrected chi connectivity index (χ0v) is 7.53. The zero-order valence-electron chi connectivity index (χ0n) is 7.53. The predicted octanol–water partition coefficient (Wildman–Crippen LogP) is 0.783. The standard InChI is InChI=1S/C8H14N2O2/c1-8(2,3)10-5-4-6(9)7(11)12/h4-5H,9H2,1-3H3,(H,11,12)/b6-4-,10-5?. The minimum absolute atomic E-state index is 0.199. The Labute approximate surface area is 71.8 Å². The van der Waals surface area contributed by atoms with Crippen molar-refractivity contribution in [2.24, 2.45) is 10.7 Å². The molecule has 0 fully saturated rings. The van der Waals surface area contributed by atoms with E-state index in [-0.39, 0.29) is 11.2 Å². The Morgan fingerprint density at radius 2 is 2.00 bits per heavy atom. The summed E-state index contributed by atoms with van der Waals surface area (Å²) in [4.78, 5) is 14.2. The molecule has 0 aliphatic rings. The smallest absolute Gasteiger partial charge is 0.351 e. The molecule has 0 bridgehead atoms. The van der Waals surface area contributed by atoms with E-state index in [0.717, 1.165) is 0 Å². The monoisotopic (exact) mass is 170 g/mol. The Morgan fingerprint density at radius 1 is 1.50 bits per heavy atom. The minimum atomic E-state index is -1.13. The van der Waals surface area contributed by atoms with Crippen molar-refractivity contribution in [1.29, 1.82) is 0 Å². The molecule has 0 saturated heterocycles. The molecule has 0 amide bonds. The van der Waals surface area contributed by atoms with E-state index in [9.17, 15) is 4.79 Å². The van der Waals surface area contributed by atoms with Crippen molar-refractivity contribution in [2.75, 3.05) is 0 Å². The molecular weight excluding hydrogens is 156 g/mol. The van der Waals surface area contributed by atoms with Gasteiger partial charge in [-0.15, -0.1) is 0 Å². The van der Waals surface area contributed by atoms with Crippen LogP contribution in [0.25, 0.3) is 0 Å². The van der Waals surface area contributed by atoms with Gasteiger partial charge in [0.05, 0.1) is 5.54 Å². The van der Waals surface area contributed by atoms with Gasteiger partial charge in [-0.2, -0.15) is 0 Å². The molecule has 0 aliphatic carbocycles. The fraction of sp³-hybridized carbons (Fsp3) is 0.500. The van der Waals surface area contributed by atoms with E-state index >= 15 is 0 Å². The second-order valence-electron chi connectivity index (χ2n) is 3.38. The summed E-state index contributed by atoms with van der Waals surface area (Å²) in [6.45, 7) is 5.73. The predicted molar refractivity (Wildman–Crippen MR) is 48.2 cm³/mol. The van der Waals surface area contributed by atoms with Crippen molar-refractivity contribution in [1.82, 2.24) is 0 Å². The molecule has 4 heteroatoms. The first-order valence-corrected chi connectivity index (χ1v) is 3.57. The Hall–Kier alpha value is -1.32. The van der Waals surface area contributed by atoms with E-state index < -0.39 is 5.97 Å². The van der Waals surface area contributed by atoms with Gasteiger partial charge in [0.2, 0.25) is 0 Å². The van der Waals surface area contributed by atoms with Crippen molar-refractivity contribution in [2.45, 2.75) is 26.3 Å². The van der Waals surface area contributed by atoms with E-state index in [1.54, 1.807) is 0 Å². The van der Waals surface area contributed by atoms with Gasteiger partial charge in [0, 0.05) is 6.21 Å². The molecule has 0 saturated carbocycles. The molecule has 0 spiro atoms. The van der Waals surface area contributed by atoms with Crippen LogP contribution in [0.1, 0.15) is 20.8 Å². The highest BCUT2D eigenvalue weighted by atomic mass is 16.4. The molecule has 0 unspecified atom stereocenters. The van der Waals surface area contributed by atoms with Crippen LogP contribution >= 0.6 is 0 Å². The third-order valence-corrected chi connectivity index (χ3v) is 0.963. The molecule has 0 radical (unpaired) electrons. The van der Waals surface area contributed by atoms with Crippen LogP contribution in [0.5, 0.6) is 0 Å². The molecule has 0 heterocycles. The number of rotatable bonds is 2. The highest BCUT2D eigenvalue weighted by molar-refractivity contribution is 5.91. The van der Waals surface area contributed by atoms with Gasteiger partial charge in [0.1, 0.15) is 5.70 Å². The molecule has 0 aliphatic heterocycles. The topological polar surface area (TPSA) is 75.7 Å². The number of aliphatic imine (C=N–C) groups is 1. The normalized spacial score (nSPS) is 13.8. The van der Waals surface area contributed by atoms with Crippen LogP contribution in [0.3, 0.4) is 0 Å². The largest absolute Gasteiger partial charge is 0.477 e. The molecule has 0 aromatic carbocycles. The fourth-order valence-electron chi connectivity index (χ4n) is 0.412. The summed E-state index contributed by atoms with van der Waals surface area (Å²) in [6, 6.07) is 0. The summed E-state index contributed by atoms with van der Waals surface area (Å²) < 4.78 is 0. The van der Waals surface area contributed by atoms with E-state index in [1.807, 2.05) is 20.8 Å². The van der Waals surface area contributed by atoms with Crippen LogP contribution in [-0.4, -0.2) is 22.8 Å². The number of nitrogens with two attached hydrogens (primary N) is 1. The van der Waals surface area contributed by atoms with Gasteiger partial charge in [0.25, 0.3) is 0 Å². The minimum Gasteiger partial charge on any atom is -0.477 e. The number of carboxylic acid groups (broad SMARTS) is 1. The Morgan fingerprint density at radius 3 is 2.33 bits per heavy atom. The van der Waals surface area contributed by atoms with Crippen LogP contribution < -0.4 is 5.73 Å². The molecule has 0 aromatic heterocycles. The number of hydrogen-bond acceptors (Lipinski definition) is 3. The second kappa shape index (κ2) is 3.90. The van der Waals surface area contributed by atoms with Crippen LogP contribution in [-0.2, 0) is 4.79 Å². The number of carbonyl (C=O) groups is 1.